The molecular formula is C26H28BrIN4O9. The van der Waals surface area contributed by atoms with Crippen LogP contribution in [0.2, 0.25) is 0 Å². The monoisotopic (exact) mass is 746 g/mol. The Kier molecular flexibility index (Phi) is 11.6. The zero-order valence-corrected chi connectivity index (χ0v) is 25.9. The van der Waals surface area contributed by atoms with Gasteiger partial charge in [-0.1, -0.05) is 6.07 Å². The average Bonchev–Trinajstić information content (AvgIpc) is 2.91. The molecule has 0 spiro atoms. The number of hydrazone groups is 1. The first-order valence-electron chi connectivity index (χ1n) is 12.1. The predicted molar refractivity (Wildman–Crippen MR) is 159 cm³/mol. The molecule has 0 saturated carbocycles. The van der Waals surface area contributed by atoms with Crippen LogP contribution in [-0.4, -0.2) is 67.6 Å². The minimum Gasteiger partial charge on any atom is -0.490 e. The topological polar surface area (TPSA) is 177 Å². The van der Waals surface area contributed by atoms with Crippen LogP contribution in [0.15, 0.2) is 51.2 Å². The first-order valence-corrected chi connectivity index (χ1v) is 14.0. The lowest BCUT2D eigenvalue weighted by Gasteiger charge is -2.28. The number of ether oxygens (including phenoxy) is 4. The van der Waals surface area contributed by atoms with Gasteiger partial charge >= 0.3 is 18.0 Å². The second kappa shape index (κ2) is 14.9. The lowest BCUT2D eigenvalue weighted by atomic mass is 9.95. The summed E-state index contributed by atoms with van der Waals surface area (Å²) in [6, 6.07) is 7.13. The van der Waals surface area contributed by atoms with Gasteiger partial charge in [-0.15, -0.1) is 0 Å². The van der Waals surface area contributed by atoms with Gasteiger partial charge < -0.3 is 39.8 Å². The number of carbonyl (C=O) groups excluding carboxylic acids is 2. The molecule has 2 atom stereocenters. The number of benzene rings is 2. The molecule has 0 aliphatic carbocycles. The molecule has 1 aliphatic rings. The number of rotatable bonds is 13. The maximum atomic E-state index is 12.4. The molecule has 0 bridgehead atoms. The molecule has 13 nitrogen and oxygen atoms in total. The minimum atomic E-state index is -1.18. The highest BCUT2D eigenvalue weighted by atomic mass is 127. The van der Waals surface area contributed by atoms with Crippen molar-refractivity contribution in [3.05, 3.63) is 60.8 Å². The van der Waals surface area contributed by atoms with Crippen LogP contribution in [0.25, 0.3) is 0 Å². The van der Waals surface area contributed by atoms with E-state index in [-0.39, 0.29) is 12.2 Å². The first-order chi connectivity index (χ1) is 19.5. The molecule has 1 heterocycles. The van der Waals surface area contributed by atoms with Gasteiger partial charge in [0.2, 0.25) is 0 Å². The van der Waals surface area contributed by atoms with Crippen LogP contribution < -0.4 is 30.3 Å². The molecule has 2 aromatic carbocycles. The fourth-order valence-corrected chi connectivity index (χ4v) is 5.51. The maximum Gasteiger partial charge on any atom is 0.341 e. The summed E-state index contributed by atoms with van der Waals surface area (Å²) >= 11 is 5.37. The summed E-state index contributed by atoms with van der Waals surface area (Å²) in [5.41, 5.74) is 4.43. The van der Waals surface area contributed by atoms with Crippen molar-refractivity contribution >= 4 is 62.7 Å². The van der Waals surface area contributed by atoms with E-state index in [1.165, 1.54) is 13.3 Å². The van der Waals surface area contributed by atoms with Crippen molar-refractivity contribution in [1.82, 2.24) is 16.1 Å². The standard InChI is InChI=1S/C26H28BrIN4O9/c1-4-39-19-9-15(23-22(25(36)38-3)13(2)30-26(37)31-23)5-6-18(19)40-11-20(33)32-29-10-14-7-16(27)24(17(28)8-14)41-12-21(34)35/h5-10,20,23,32-33H,4,11-12H2,1-3H3,(H,34,35)(H2,30,31,37)/b29-10-/t20-,23+/m0/s1. The Morgan fingerprint density at radius 3 is 2.63 bits per heavy atom. The number of amides is 2. The third-order valence-electron chi connectivity index (χ3n) is 5.47. The predicted octanol–water partition coefficient (Wildman–Crippen LogP) is 3.04. The number of nitrogens with zero attached hydrogens (tertiary/aromatic N) is 1. The fraction of sp³-hybridized carbons (Fsp3) is 0.308. The lowest BCUT2D eigenvalue weighted by Crippen LogP contribution is -2.45. The molecule has 0 radical (unpaired) electrons. The lowest BCUT2D eigenvalue weighted by molar-refractivity contribution is -0.139. The number of esters is 1. The third-order valence-corrected chi connectivity index (χ3v) is 6.86. The van der Waals surface area contributed by atoms with Crippen LogP contribution in [0, 0.1) is 3.57 Å². The number of aliphatic hydroxyl groups is 1. The highest BCUT2D eigenvalue weighted by Gasteiger charge is 2.32. The normalized spacial score (nSPS) is 15.6. The number of methoxy groups -OCH3 is 1. The van der Waals surface area contributed by atoms with E-state index in [0.717, 1.165) is 0 Å². The molecule has 5 N–H and O–H groups in total. The van der Waals surface area contributed by atoms with E-state index in [9.17, 15) is 19.5 Å². The van der Waals surface area contributed by atoms with Crippen molar-refractivity contribution in [2.45, 2.75) is 26.1 Å². The molecule has 3 rings (SSSR count). The highest BCUT2D eigenvalue weighted by molar-refractivity contribution is 14.1. The number of carboxylic acids is 1. The summed E-state index contributed by atoms with van der Waals surface area (Å²) in [5, 5.41) is 28.5. The van der Waals surface area contributed by atoms with Gasteiger partial charge in [0.25, 0.3) is 0 Å². The molecular weight excluding hydrogens is 719 g/mol. The molecule has 0 aromatic heterocycles. The van der Waals surface area contributed by atoms with E-state index in [1.54, 1.807) is 44.2 Å². The number of aliphatic hydroxyl groups excluding tert-OH is 1. The smallest absolute Gasteiger partial charge is 0.341 e. The van der Waals surface area contributed by atoms with Crippen molar-refractivity contribution in [3.63, 3.8) is 0 Å². The molecule has 0 saturated heterocycles. The zero-order valence-electron chi connectivity index (χ0n) is 22.2. The van der Waals surface area contributed by atoms with Gasteiger partial charge in [-0.05, 0) is 87.8 Å². The SMILES string of the molecule is CCOc1cc([C@H]2NC(=O)NC(C)=C2C(=O)OC)ccc1OC[C@H](O)N/N=C\c1cc(Br)c(OCC(=O)O)c(I)c1. The highest BCUT2D eigenvalue weighted by Crippen LogP contribution is 2.35. The van der Waals surface area contributed by atoms with Gasteiger partial charge in [0.15, 0.2) is 24.3 Å². The summed E-state index contributed by atoms with van der Waals surface area (Å²) in [5.74, 6) is -0.592. The van der Waals surface area contributed by atoms with Crippen LogP contribution in [-0.2, 0) is 14.3 Å². The van der Waals surface area contributed by atoms with Crippen LogP contribution >= 0.6 is 38.5 Å². The number of carboxylic acid groups (broad SMARTS) is 1. The van der Waals surface area contributed by atoms with Crippen molar-refractivity contribution in [2.24, 2.45) is 5.10 Å². The average molecular weight is 747 g/mol. The van der Waals surface area contributed by atoms with Crippen molar-refractivity contribution in [2.75, 3.05) is 26.9 Å². The molecule has 15 heteroatoms. The summed E-state index contributed by atoms with van der Waals surface area (Å²) in [4.78, 5) is 35.3. The number of nitrogens with one attached hydrogen (secondary N) is 3. The van der Waals surface area contributed by atoms with Gasteiger partial charge in [0.1, 0.15) is 12.4 Å². The maximum absolute atomic E-state index is 12.4. The Balaban J connectivity index is 1.67. The van der Waals surface area contributed by atoms with Crippen molar-refractivity contribution < 1.29 is 43.5 Å². The largest absolute Gasteiger partial charge is 0.490 e. The van der Waals surface area contributed by atoms with E-state index in [4.69, 9.17) is 24.1 Å². The Labute approximate surface area is 257 Å². The van der Waals surface area contributed by atoms with E-state index in [0.29, 0.717) is 48.7 Å². The number of hydrogen-bond donors (Lipinski definition) is 5. The Morgan fingerprint density at radius 1 is 1.22 bits per heavy atom. The van der Waals surface area contributed by atoms with E-state index in [1.807, 2.05) is 22.6 Å². The van der Waals surface area contributed by atoms with Crippen LogP contribution in [0.3, 0.4) is 0 Å². The van der Waals surface area contributed by atoms with Gasteiger partial charge in [-0.2, -0.15) is 5.10 Å². The zero-order chi connectivity index (χ0) is 30.1. The van der Waals surface area contributed by atoms with E-state index >= 15 is 0 Å². The van der Waals surface area contributed by atoms with Gasteiger partial charge in [-0.3, -0.25) is 5.43 Å². The second-order valence-corrected chi connectivity index (χ2v) is 10.4. The Bertz CT molecular complexity index is 1350. The fourth-order valence-electron chi connectivity index (χ4n) is 3.75. The molecule has 2 aromatic rings. The van der Waals surface area contributed by atoms with Gasteiger partial charge in [-0.25, -0.2) is 14.4 Å². The van der Waals surface area contributed by atoms with Crippen molar-refractivity contribution in [1.29, 1.82) is 0 Å². The quantitative estimate of drug-likeness (QED) is 0.0674. The number of aliphatic carboxylic acids is 1. The van der Waals surface area contributed by atoms with Gasteiger partial charge in [0, 0.05) is 5.70 Å². The second-order valence-electron chi connectivity index (χ2n) is 8.41. The first kappa shape index (κ1) is 32.0. The summed E-state index contributed by atoms with van der Waals surface area (Å²) in [6.45, 7) is 3.07. The summed E-state index contributed by atoms with van der Waals surface area (Å²) < 4.78 is 22.8. The van der Waals surface area contributed by atoms with Crippen molar-refractivity contribution in [3.8, 4) is 17.2 Å². The molecule has 41 heavy (non-hydrogen) atoms. The molecule has 220 valence electrons. The number of urea groups is 1. The van der Waals surface area contributed by atoms with E-state index in [2.05, 4.69) is 37.1 Å². The van der Waals surface area contributed by atoms with E-state index < -0.39 is 36.8 Å². The number of carbonyl (C=O) groups is 3. The number of hydrogen-bond acceptors (Lipinski definition) is 10. The summed E-state index contributed by atoms with van der Waals surface area (Å²) in [7, 11) is 1.26. The minimum absolute atomic E-state index is 0.184. The molecule has 0 fully saturated rings. The van der Waals surface area contributed by atoms with Gasteiger partial charge in [0.05, 0.1) is 39.6 Å². The van der Waals surface area contributed by atoms with Crippen LogP contribution in [0.1, 0.15) is 31.0 Å². The Morgan fingerprint density at radius 2 is 1.98 bits per heavy atom. The third kappa shape index (κ3) is 8.71. The van der Waals surface area contributed by atoms with Crippen LogP contribution in [0.4, 0.5) is 4.79 Å². The number of allylic oxidation sites excluding steroid dienone is 1. The molecule has 0 unspecified atom stereocenters. The Hall–Kier alpha value is -3.57. The molecule has 1 aliphatic heterocycles. The molecule has 2 amide bonds. The number of halogens is 2. The summed E-state index contributed by atoms with van der Waals surface area (Å²) in [6.07, 6.45) is 0.292. The van der Waals surface area contributed by atoms with Crippen LogP contribution in [0.5, 0.6) is 17.2 Å².